The Morgan fingerprint density at radius 3 is 2.10 bits per heavy atom. The van der Waals surface area contributed by atoms with Crippen molar-refractivity contribution in [2.75, 3.05) is 0 Å². The minimum atomic E-state index is -4.67. The molecule has 0 aliphatic carbocycles. The van der Waals surface area contributed by atoms with Crippen molar-refractivity contribution >= 4 is 23.4 Å². The lowest BCUT2D eigenvalue weighted by atomic mass is 10.1. The molecular formula is C13H14ClF3N2O2. The summed E-state index contributed by atoms with van der Waals surface area (Å²) in [4.78, 5) is 22.5. The molecule has 2 atom stereocenters. The van der Waals surface area contributed by atoms with Gasteiger partial charge in [0.2, 0.25) is 11.8 Å². The van der Waals surface area contributed by atoms with Gasteiger partial charge >= 0.3 is 6.18 Å². The summed E-state index contributed by atoms with van der Waals surface area (Å²) in [5.74, 6) is -1.44. The monoisotopic (exact) mass is 322 g/mol. The highest BCUT2D eigenvalue weighted by atomic mass is 35.5. The van der Waals surface area contributed by atoms with E-state index in [1.54, 1.807) is 0 Å². The fourth-order valence-corrected chi connectivity index (χ4v) is 1.77. The predicted molar refractivity (Wildman–Crippen MR) is 71.7 cm³/mol. The molecule has 0 saturated heterocycles. The van der Waals surface area contributed by atoms with Gasteiger partial charge in [-0.05, 0) is 24.6 Å². The molecule has 1 aromatic rings. The number of nitrogens with one attached hydrogen (secondary N) is 2. The van der Waals surface area contributed by atoms with Gasteiger partial charge < -0.3 is 10.6 Å². The summed E-state index contributed by atoms with van der Waals surface area (Å²) in [6.07, 6.45) is -4.67. The van der Waals surface area contributed by atoms with Crippen molar-refractivity contribution in [3.8, 4) is 0 Å². The molecule has 2 amide bonds. The van der Waals surface area contributed by atoms with Crippen molar-refractivity contribution in [1.29, 1.82) is 0 Å². The second-order valence-corrected chi connectivity index (χ2v) is 4.89. The van der Waals surface area contributed by atoms with E-state index in [1.165, 1.54) is 38.1 Å². The van der Waals surface area contributed by atoms with Crippen LogP contribution in [0, 0.1) is 0 Å². The first kappa shape index (κ1) is 17.3. The largest absolute Gasteiger partial charge is 0.412 e. The van der Waals surface area contributed by atoms with E-state index >= 15 is 0 Å². The summed E-state index contributed by atoms with van der Waals surface area (Å²) in [5.41, 5.74) is -0.143. The number of rotatable bonds is 4. The van der Waals surface area contributed by atoms with Crippen LogP contribution in [0.25, 0.3) is 0 Å². The molecule has 0 unspecified atom stereocenters. The molecule has 0 radical (unpaired) electrons. The first-order chi connectivity index (χ1) is 9.61. The molecule has 1 aromatic carbocycles. The van der Waals surface area contributed by atoms with Gasteiger partial charge in [-0.15, -0.1) is 0 Å². The summed E-state index contributed by atoms with van der Waals surface area (Å²) in [6, 6.07) is 1.74. The summed E-state index contributed by atoms with van der Waals surface area (Å²) >= 11 is 5.63. The molecule has 8 heteroatoms. The van der Waals surface area contributed by atoms with Crippen molar-refractivity contribution in [2.24, 2.45) is 0 Å². The van der Waals surface area contributed by atoms with Gasteiger partial charge in [-0.1, -0.05) is 23.7 Å². The molecule has 21 heavy (non-hydrogen) atoms. The van der Waals surface area contributed by atoms with Crippen molar-refractivity contribution in [3.63, 3.8) is 0 Å². The molecule has 4 nitrogen and oxygen atoms in total. The second kappa shape index (κ2) is 6.80. The normalized spacial score (nSPS) is 14.2. The van der Waals surface area contributed by atoms with Crippen LogP contribution in [0.2, 0.25) is 5.02 Å². The van der Waals surface area contributed by atoms with E-state index in [4.69, 9.17) is 11.6 Å². The summed E-state index contributed by atoms with van der Waals surface area (Å²) in [7, 11) is 0. The van der Waals surface area contributed by atoms with E-state index in [-0.39, 0.29) is 10.6 Å². The van der Waals surface area contributed by atoms with Gasteiger partial charge in [0.05, 0.1) is 0 Å². The SMILES string of the molecule is CC(=O)N[C@H](C)C(=O)N[C@@H](c1ccc(Cl)cc1)C(F)(F)F. The molecule has 116 valence electrons. The zero-order chi connectivity index (χ0) is 16.2. The lowest BCUT2D eigenvalue weighted by molar-refractivity contribution is -0.164. The Kier molecular flexibility index (Phi) is 5.60. The number of halogens is 4. The van der Waals surface area contributed by atoms with Gasteiger partial charge in [-0.3, -0.25) is 9.59 Å². The number of hydrogen-bond donors (Lipinski definition) is 2. The van der Waals surface area contributed by atoms with Crippen molar-refractivity contribution < 1.29 is 22.8 Å². The molecule has 0 aromatic heterocycles. The van der Waals surface area contributed by atoms with Crippen LogP contribution in [0.15, 0.2) is 24.3 Å². The van der Waals surface area contributed by atoms with Gasteiger partial charge in [0.25, 0.3) is 0 Å². The fraction of sp³-hybridized carbons (Fsp3) is 0.385. The Morgan fingerprint density at radius 2 is 1.67 bits per heavy atom. The van der Waals surface area contributed by atoms with Crippen LogP contribution in [0.3, 0.4) is 0 Å². The minimum absolute atomic E-state index is 0.143. The summed E-state index contributed by atoms with van der Waals surface area (Å²) < 4.78 is 39.2. The van der Waals surface area contributed by atoms with Gasteiger partial charge in [-0.25, -0.2) is 0 Å². The maximum Gasteiger partial charge on any atom is 0.412 e. The Bertz CT molecular complexity index is 517. The maximum atomic E-state index is 13.1. The average Bonchev–Trinajstić information content (AvgIpc) is 2.34. The van der Waals surface area contributed by atoms with E-state index in [9.17, 15) is 22.8 Å². The lowest BCUT2D eigenvalue weighted by Gasteiger charge is -2.24. The van der Waals surface area contributed by atoms with Crippen LogP contribution >= 0.6 is 11.6 Å². The van der Waals surface area contributed by atoms with Crippen molar-refractivity contribution in [3.05, 3.63) is 34.9 Å². The topological polar surface area (TPSA) is 58.2 Å². The smallest absolute Gasteiger partial charge is 0.345 e. The van der Waals surface area contributed by atoms with Crippen LogP contribution in [0.5, 0.6) is 0 Å². The highest BCUT2D eigenvalue weighted by Gasteiger charge is 2.42. The number of carbonyl (C=O) groups excluding carboxylic acids is 2. The zero-order valence-corrected chi connectivity index (χ0v) is 12.0. The Morgan fingerprint density at radius 1 is 1.14 bits per heavy atom. The first-order valence-corrected chi connectivity index (χ1v) is 6.38. The highest BCUT2D eigenvalue weighted by molar-refractivity contribution is 6.30. The number of carbonyl (C=O) groups is 2. The van der Waals surface area contributed by atoms with Crippen molar-refractivity contribution in [1.82, 2.24) is 10.6 Å². The van der Waals surface area contributed by atoms with Crippen LogP contribution in [-0.4, -0.2) is 24.0 Å². The first-order valence-electron chi connectivity index (χ1n) is 6.01. The van der Waals surface area contributed by atoms with Crippen LogP contribution in [0.1, 0.15) is 25.5 Å². The van der Waals surface area contributed by atoms with E-state index in [2.05, 4.69) is 5.32 Å². The number of hydrogen-bond acceptors (Lipinski definition) is 2. The van der Waals surface area contributed by atoms with E-state index in [0.29, 0.717) is 0 Å². The molecule has 0 spiro atoms. The molecule has 2 N–H and O–H groups in total. The molecule has 0 heterocycles. The van der Waals surface area contributed by atoms with E-state index in [1.807, 2.05) is 5.32 Å². The number of alkyl halides is 3. The molecule has 0 saturated carbocycles. The van der Waals surface area contributed by atoms with Gasteiger partial charge in [-0.2, -0.15) is 13.2 Å². The van der Waals surface area contributed by atoms with Gasteiger partial charge in [0.15, 0.2) is 6.04 Å². The molecule has 0 bridgehead atoms. The molecule has 0 fully saturated rings. The maximum absolute atomic E-state index is 13.1. The van der Waals surface area contributed by atoms with Gasteiger partial charge in [0.1, 0.15) is 6.04 Å². The Hall–Kier alpha value is -1.76. The third-order valence-corrected chi connectivity index (χ3v) is 2.88. The highest BCUT2D eigenvalue weighted by Crippen LogP contribution is 2.33. The number of benzene rings is 1. The Labute approximate surface area is 124 Å². The van der Waals surface area contributed by atoms with Crippen LogP contribution in [0.4, 0.5) is 13.2 Å². The predicted octanol–water partition coefficient (Wildman–Crippen LogP) is 2.58. The Balaban J connectivity index is 2.92. The summed E-state index contributed by atoms with van der Waals surface area (Å²) in [5, 5.41) is 4.39. The third kappa shape index (κ3) is 5.26. The number of amides is 2. The average molecular weight is 323 g/mol. The molecule has 0 aliphatic heterocycles. The van der Waals surface area contributed by atoms with Crippen LogP contribution in [-0.2, 0) is 9.59 Å². The molecular weight excluding hydrogens is 309 g/mol. The van der Waals surface area contributed by atoms with Gasteiger partial charge in [0, 0.05) is 11.9 Å². The quantitative estimate of drug-likeness (QED) is 0.895. The molecule has 0 aliphatic rings. The standard InChI is InChI=1S/C13H14ClF3N2O2/c1-7(18-8(2)20)12(21)19-11(13(15,16)17)9-3-5-10(14)6-4-9/h3-7,11H,1-2H3,(H,18,20)(H,19,21)/t7-,11+/m1/s1. The lowest BCUT2D eigenvalue weighted by Crippen LogP contribution is -2.48. The van der Waals surface area contributed by atoms with Crippen molar-refractivity contribution in [2.45, 2.75) is 32.1 Å². The second-order valence-electron chi connectivity index (χ2n) is 4.46. The van der Waals surface area contributed by atoms with E-state index < -0.39 is 30.1 Å². The zero-order valence-electron chi connectivity index (χ0n) is 11.3. The fourth-order valence-electron chi connectivity index (χ4n) is 1.65. The third-order valence-electron chi connectivity index (χ3n) is 2.63. The molecule has 1 rings (SSSR count). The summed E-state index contributed by atoms with van der Waals surface area (Å²) in [6.45, 7) is 2.47. The van der Waals surface area contributed by atoms with Crippen LogP contribution < -0.4 is 10.6 Å². The minimum Gasteiger partial charge on any atom is -0.345 e. The van der Waals surface area contributed by atoms with E-state index in [0.717, 1.165) is 0 Å².